The summed E-state index contributed by atoms with van der Waals surface area (Å²) in [7, 11) is 1.49. The number of carbonyl (C=O) groups excluding carboxylic acids is 3. The van der Waals surface area contributed by atoms with Gasteiger partial charge in [0.2, 0.25) is 11.8 Å². The lowest BCUT2D eigenvalue weighted by Crippen LogP contribution is -2.47. The second-order valence-electron chi connectivity index (χ2n) is 14.0. The van der Waals surface area contributed by atoms with Crippen molar-refractivity contribution in [3.8, 4) is 11.6 Å². The minimum Gasteiger partial charge on any atom is -0.497 e. The Labute approximate surface area is 268 Å². The first-order valence-electron chi connectivity index (χ1n) is 16.2. The van der Waals surface area contributed by atoms with Gasteiger partial charge in [-0.3, -0.25) is 9.59 Å². The van der Waals surface area contributed by atoms with E-state index in [0.717, 1.165) is 6.42 Å². The van der Waals surface area contributed by atoms with Crippen LogP contribution in [0.4, 0.5) is 8.78 Å². The van der Waals surface area contributed by atoms with Crippen LogP contribution in [0, 0.1) is 17.3 Å². The second kappa shape index (κ2) is 13.0. The number of alkyl halides is 2. The van der Waals surface area contributed by atoms with Gasteiger partial charge < -0.3 is 28.6 Å². The molecule has 46 heavy (non-hydrogen) atoms. The number of benzene rings is 1. The highest BCUT2D eigenvalue weighted by molar-refractivity contribution is 5.87. The Morgan fingerprint density at radius 1 is 1.13 bits per heavy atom. The number of nitrogens with zero attached hydrogens (tertiary/aromatic N) is 3. The number of ether oxygens (including phenoxy) is 4. The van der Waals surface area contributed by atoms with Crippen LogP contribution in [0.1, 0.15) is 85.3 Å². The van der Waals surface area contributed by atoms with Crippen LogP contribution >= 0.6 is 0 Å². The molecule has 6 atom stereocenters. The van der Waals surface area contributed by atoms with Crippen molar-refractivity contribution in [2.24, 2.45) is 17.3 Å². The Morgan fingerprint density at radius 2 is 1.89 bits per heavy atom. The fourth-order valence-corrected chi connectivity index (χ4v) is 7.10. The molecule has 10 nitrogen and oxygen atoms in total. The molecule has 2 aromatic rings. The van der Waals surface area contributed by atoms with Crippen molar-refractivity contribution in [2.45, 2.75) is 109 Å². The highest BCUT2D eigenvalue weighted by Gasteiger charge is 2.50. The number of fused-ring (bicyclic) bond motifs is 5. The zero-order chi connectivity index (χ0) is 33.4. The van der Waals surface area contributed by atoms with Crippen LogP contribution in [0.2, 0.25) is 0 Å². The topological polar surface area (TPSA) is 117 Å². The fourth-order valence-electron chi connectivity index (χ4n) is 7.10. The molecule has 1 aromatic heterocycles. The van der Waals surface area contributed by atoms with E-state index < -0.39 is 71.0 Å². The number of amides is 1. The van der Waals surface area contributed by atoms with Gasteiger partial charge in [0.25, 0.3) is 5.92 Å². The van der Waals surface area contributed by atoms with Crippen LogP contribution in [0.3, 0.4) is 0 Å². The molecular weight excluding hydrogens is 600 g/mol. The molecule has 0 N–H and O–H groups in total. The Balaban J connectivity index is 1.60. The maximum Gasteiger partial charge on any atom is 0.307 e. The SMILES string of the molecule is CC[C@@H]1[C@@H]2CN(C(=O)[C@H](C(C)(C)C)CC(=O)O[C@]3(C)CCC[C@H]3OCCCC(F)(F)c3nc4ccc(OC)cc4nc3O2)[C@@H]1C=O. The van der Waals surface area contributed by atoms with Crippen LogP contribution in [0.25, 0.3) is 11.0 Å². The van der Waals surface area contributed by atoms with Gasteiger partial charge in [0.05, 0.1) is 49.2 Å². The lowest BCUT2D eigenvalue weighted by atomic mass is 9.77. The lowest BCUT2D eigenvalue weighted by Gasteiger charge is -2.36. The van der Waals surface area contributed by atoms with Gasteiger partial charge in [-0.15, -0.1) is 0 Å². The summed E-state index contributed by atoms with van der Waals surface area (Å²) in [4.78, 5) is 50.4. The minimum absolute atomic E-state index is 0.0118. The van der Waals surface area contributed by atoms with Gasteiger partial charge in [-0.1, -0.05) is 27.7 Å². The maximum absolute atomic E-state index is 16.1. The van der Waals surface area contributed by atoms with Gasteiger partial charge in [0.15, 0.2) is 5.69 Å². The van der Waals surface area contributed by atoms with Crippen molar-refractivity contribution in [2.75, 3.05) is 20.3 Å². The molecule has 2 bridgehead atoms. The van der Waals surface area contributed by atoms with E-state index in [-0.39, 0.29) is 37.4 Å². The molecule has 12 heteroatoms. The van der Waals surface area contributed by atoms with Gasteiger partial charge in [-0.25, -0.2) is 9.97 Å². The van der Waals surface area contributed by atoms with Crippen molar-refractivity contribution >= 4 is 29.2 Å². The molecule has 1 amide bonds. The van der Waals surface area contributed by atoms with Crippen molar-refractivity contribution < 1.29 is 42.1 Å². The van der Waals surface area contributed by atoms with Crippen LogP contribution < -0.4 is 9.47 Å². The average molecular weight is 646 g/mol. The zero-order valence-electron chi connectivity index (χ0n) is 27.5. The zero-order valence-corrected chi connectivity index (χ0v) is 27.5. The Morgan fingerprint density at radius 3 is 2.57 bits per heavy atom. The fraction of sp³-hybridized carbons (Fsp3) is 0.676. The van der Waals surface area contributed by atoms with Gasteiger partial charge in [0, 0.05) is 25.0 Å². The van der Waals surface area contributed by atoms with Crippen molar-refractivity contribution in [1.82, 2.24) is 14.9 Å². The standard InChI is InChI=1S/C34H45F2N3O7/c1-7-21-25(19-40)39-18-26(21)45-30-29(37-23-12-11-20(43-6)16-24(23)38-30)34(35,36)14-9-15-44-27-10-8-13-33(27,5)46-28(41)17-22(31(39)42)32(2,3)4/h11-12,16,19,21-22,25-27H,7-10,13-15,17-18H2,1-6H3/t21-,22+,25+,26-,27+,33+/m0/s1. The first-order valence-corrected chi connectivity index (χ1v) is 16.2. The summed E-state index contributed by atoms with van der Waals surface area (Å²) in [6.07, 6.45) is 1.01. The van der Waals surface area contributed by atoms with E-state index in [1.54, 1.807) is 25.1 Å². The molecule has 2 aliphatic heterocycles. The Hall–Kier alpha value is -3.41. The average Bonchev–Trinajstić information content (AvgIpc) is 3.54. The van der Waals surface area contributed by atoms with Crippen molar-refractivity contribution in [3.05, 3.63) is 23.9 Å². The predicted molar refractivity (Wildman–Crippen MR) is 165 cm³/mol. The number of hydrogen-bond donors (Lipinski definition) is 0. The Bertz CT molecular complexity index is 1460. The van der Waals surface area contributed by atoms with E-state index in [2.05, 4.69) is 9.97 Å². The summed E-state index contributed by atoms with van der Waals surface area (Å²) in [5.41, 5.74) is -1.66. The number of methoxy groups -OCH3 is 1. The molecule has 1 saturated carbocycles. The smallest absolute Gasteiger partial charge is 0.307 e. The molecule has 5 rings (SSSR count). The van der Waals surface area contributed by atoms with Gasteiger partial charge in [0.1, 0.15) is 23.7 Å². The van der Waals surface area contributed by atoms with E-state index in [9.17, 15) is 14.4 Å². The number of carbonyl (C=O) groups is 3. The first-order chi connectivity index (χ1) is 21.7. The number of halogens is 2. The van der Waals surface area contributed by atoms with E-state index in [1.165, 1.54) is 12.0 Å². The molecule has 3 heterocycles. The van der Waals surface area contributed by atoms with Gasteiger partial charge >= 0.3 is 5.97 Å². The highest BCUT2D eigenvalue weighted by atomic mass is 19.3. The van der Waals surface area contributed by atoms with E-state index in [4.69, 9.17) is 18.9 Å². The highest BCUT2D eigenvalue weighted by Crippen LogP contribution is 2.42. The molecular formula is C34H45F2N3O7. The summed E-state index contributed by atoms with van der Waals surface area (Å²) in [5.74, 6) is -5.56. The molecule has 0 radical (unpaired) electrons. The first kappa shape index (κ1) is 33.9. The number of rotatable bonds is 3. The number of hydrogen-bond acceptors (Lipinski definition) is 9. The van der Waals surface area contributed by atoms with Crippen LogP contribution in [0.15, 0.2) is 18.2 Å². The van der Waals surface area contributed by atoms with Crippen molar-refractivity contribution in [3.63, 3.8) is 0 Å². The lowest BCUT2D eigenvalue weighted by molar-refractivity contribution is -0.175. The summed E-state index contributed by atoms with van der Waals surface area (Å²) >= 11 is 0. The summed E-state index contributed by atoms with van der Waals surface area (Å²) < 4.78 is 55.7. The summed E-state index contributed by atoms with van der Waals surface area (Å²) in [6, 6.07) is 3.89. The molecule has 1 saturated heterocycles. The predicted octanol–water partition coefficient (Wildman–Crippen LogP) is 5.63. The normalized spacial score (nSPS) is 30.9. The molecule has 2 fully saturated rings. The van der Waals surface area contributed by atoms with Crippen molar-refractivity contribution in [1.29, 1.82) is 0 Å². The third kappa shape index (κ3) is 6.68. The summed E-state index contributed by atoms with van der Waals surface area (Å²) in [5, 5.41) is 0. The second-order valence-corrected chi connectivity index (χ2v) is 14.0. The molecule has 1 aromatic carbocycles. The third-order valence-electron chi connectivity index (χ3n) is 9.83. The Kier molecular flexibility index (Phi) is 9.59. The maximum atomic E-state index is 16.1. The van der Waals surface area contributed by atoms with E-state index >= 15 is 8.78 Å². The molecule has 0 spiro atoms. The summed E-state index contributed by atoms with van der Waals surface area (Å²) in [6.45, 7) is 9.23. The van der Waals surface area contributed by atoms with Crippen LogP contribution in [-0.4, -0.2) is 77.1 Å². The number of aromatic nitrogens is 2. The largest absolute Gasteiger partial charge is 0.497 e. The van der Waals surface area contributed by atoms with E-state index in [1.807, 2.05) is 27.7 Å². The number of aldehydes is 1. The minimum atomic E-state index is -3.44. The molecule has 0 unspecified atom stereocenters. The quantitative estimate of drug-likeness (QED) is 0.309. The molecule has 3 aliphatic rings. The van der Waals surface area contributed by atoms with Crippen LogP contribution in [-0.2, 0) is 29.8 Å². The van der Waals surface area contributed by atoms with E-state index in [0.29, 0.717) is 36.8 Å². The molecule has 1 aliphatic carbocycles. The monoisotopic (exact) mass is 645 g/mol. The number of esters is 1. The van der Waals surface area contributed by atoms with Gasteiger partial charge in [-0.05, 0) is 56.6 Å². The molecule has 252 valence electrons. The third-order valence-corrected chi connectivity index (χ3v) is 9.83. The van der Waals surface area contributed by atoms with Gasteiger partial charge in [-0.2, -0.15) is 8.78 Å². The van der Waals surface area contributed by atoms with Crippen LogP contribution in [0.5, 0.6) is 11.6 Å².